The van der Waals surface area contributed by atoms with Crippen LogP contribution in [0.2, 0.25) is 0 Å². The average Bonchev–Trinajstić information content (AvgIpc) is 2.64. The monoisotopic (exact) mass is 232 g/mol. The van der Waals surface area contributed by atoms with Crippen molar-refractivity contribution in [2.75, 3.05) is 36.9 Å². The summed E-state index contributed by atoms with van der Waals surface area (Å²) in [6, 6.07) is 6.30. The minimum absolute atomic E-state index is 0.823. The third kappa shape index (κ3) is 2.25. The summed E-state index contributed by atoms with van der Waals surface area (Å²) in [7, 11) is 0. The zero-order valence-corrected chi connectivity index (χ0v) is 10.2. The van der Waals surface area contributed by atoms with E-state index in [-0.39, 0.29) is 0 Å². The van der Waals surface area contributed by atoms with E-state index in [1.54, 1.807) is 0 Å². The Morgan fingerprint density at radius 3 is 3.00 bits per heavy atom. The lowest BCUT2D eigenvalue weighted by molar-refractivity contribution is -0.0359. The molecule has 0 atom stereocenters. The van der Waals surface area contributed by atoms with Crippen LogP contribution in [-0.4, -0.2) is 26.3 Å². The van der Waals surface area contributed by atoms with Gasteiger partial charge in [-0.15, -0.1) is 0 Å². The molecule has 0 amide bonds. The van der Waals surface area contributed by atoms with Crippen molar-refractivity contribution >= 4 is 11.4 Å². The molecule has 1 aromatic carbocycles. The van der Waals surface area contributed by atoms with Crippen molar-refractivity contribution in [3.05, 3.63) is 23.8 Å². The Bertz CT molecular complexity index is 401. The summed E-state index contributed by atoms with van der Waals surface area (Å²) < 4.78 is 5.20. The largest absolute Gasteiger partial charge is 0.399 e. The summed E-state index contributed by atoms with van der Waals surface area (Å²) in [6.07, 6.45) is 3.73. The summed E-state index contributed by atoms with van der Waals surface area (Å²) in [5, 5.41) is 0. The zero-order chi connectivity index (χ0) is 11.7. The molecule has 1 aromatic rings. The van der Waals surface area contributed by atoms with Gasteiger partial charge in [0, 0.05) is 30.4 Å². The Labute approximate surface area is 103 Å². The van der Waals surface area contributed by atoms with Crippen molar-refractivity contribution in [1.29, 1.82) is 0 Å². The fourth-order valence-corrected chi connectivity index (χ4v) is 2.74. The smallest absolute Gasteiger partial charge is 0.0516 e. The lowest BCUT2D eigenvalue weighted by Gasteiger charge is -2.27. The molecule has 92 valence electrons. The highest BCUT2D eigenvalue weighted by Crippen LogP contribution is 2.30. The number of fused-ring (bicyclic) bond motifs is 1. The number of anilines is 2. The topological polar surface area (TPSA) is 38.5 Å². The van der Waals surface area contributed by atoms with E-state index in [1.165, 1.54) is 30.6 Å². The van der Waals surface area contributed by atoms with Gasteiger partial charge >= 0.3 is 0 Å². The molecule has 2 aliphatic rings. The molecule has 3 rings (SSSR count). The summed E-state index contributed by atoms with van der Waals surface area (Å²) >= 11 is 0. The summed E-state index contributed by atoms with van der Waals surface area (Å²) in [5.74, 6) is 0.823. The molecule has 0 radical (unpaired) electrons. The lowest BCUT2D eigenvalue weighted by atomic mass is 10.0. The average molecular weight is 232 g/mol. The van der Waals surface area contributed by atoms with Gasteiger partial charge in [0.25, 0.3) is 0 Å². The Morgan fingerprint density at radius 2 is 2.24 bits per heavy atom. The van der Waals surface area contributed by atoms with Gasteiger partial charge in [0.05, 0.1) is 13.2 Å². The highest BCUT2D eigenvalue weighted by Gasteiger charge is 2.21. The molecule has 0 spiro atoms. The Hall–Kier alpha value is -1.22. The van der Waals surface area contributed by atoms with Crippen LogP contribution >= 0.6 is 0 Å². The van der Waals surface area contributed by atoms with E-state index in [0.29, 0.717) is 0 Å². The standard InChI is InChI=1S/C14H20N2O/c15-13-3-4-14-12(8-13)5-7-16(14)6-1-2-11-9-17-10-11/h3-4,8,11H,1-2,5-7,9-10,15H2. The van der Waals surface area contributed by atoms with Crippen LogP contribution in [0.15, 0.2) is 18.2 Å². The Morgan fingerprint density at radius 1 is 1.35 bits per heavy atom. The third-order valence-corrected chi connectivity index (χ3v) is 3.84. The van der Waals surface area contributed by atoms with Crippen molar-refractivity contribution in [2.24, 2.45) is 5.92 Å². The molecule has 2 aliphatic heterocycles. The van der Waals surface area contributed by atoms with Crippen LogP contribution in [0.4, 0.5) is 11.4 Å². The first kappa shape index (κ1) is 10.9. The fraction of sp³-hybridized carbons (Fsp3) is 0.571. The molecule has 0 unspecified atom stereocenters. The molecule has 2 heterocycles. The fourth-order valence-electron chi connectivity index (χ4n) is 2.74. The van der Waals surface area contributed by atoms with Crippen LogP contribution in [0.3, 0.4) is 0 Å². The molecule has 0 aromatic heterocycles. The summed E-state index contributed by atoms with van der Waals surface area (Å²) in [6.45, 7) is 4.29. The summed E-state index contributed by atoms with van der Waals surface area (Å²) in [4.78, 5) is 2.49. The van der Waals surface area contributed by atoms with Gasteiger partial charge in [-0.1, -0.05) is 0 Å². The molecule has 3 nitrogen and oxygen atoms in total. The second kappa shape index (κ2) is 4.57. The molecular weight excluding hydrogens is 212 g/mol. The SMILES string of the molecule is Nc1ccc2c(c1)CCN2CCCC1COC1. The maximum absolute atomic E-state index is 5.81. The van der Waals surface area contributed by atoms with E-state index in [2.05, 4.69) is 17.0 Å². The minimum atomic E-state index is 0.823. The third-order valence-electron chi connectivity index (χ3n) is 3.84. The van der Waals surface area contributed by atoms with Crippen molar-refractivity contribution in [1.82, 2.24) is 0 Å². The number of hydrogen-bond donors (Lipinski definition) is 1. The number of ether oxygens (including phenoxy) is 1. The molecule has 0 aliphatic carbocycles. The highest BCUT2D eigenvalue weighted by molar-refractivity contribution is 5.62. The van der Waals surface area contributed by atoms with Crippen LogP contribution in [0.25, 0.3) is 0 Å². The van der Waals surface area contributed by atoms with E-state index in [4.69, 9.17) is 10.5 Å². The molecule has 1 fully saturated rings. The van der Waals surface area contributed by atoms with Gasteiger partial charge < -0.3 is 15.4 Å². The van der Waals surface area contributed by atoms with E-state index in [0.717, 1.165) is 37.8 Å². The molecule has 0 bridgehead atoms. The number of rotatable bonds is 4. The van der Waals surface area contributed by atoms with E-state index in [1.807, 2.05) is 6.07 Å². The second-order valence-corrected chi connectivity index (χ2v) is 5.17. The van der Waals surface area contributed by atoms with E-state index >= 15 is 0 Å². The van der Waals surface area contributed by atoms with Crippen LogP contribution in [-0.2, 0) is 11.2 Å². The van der Waals surface area contributed by atoms with Gasteiger partial charge in [-0.2, -0.15) is 0 Å². The van der Waals surface area contributed by atoms with Crippen LogP contribution < -0.4 is 10.6 Å². The van der Waals surface area contributed by atoms with Gasteiger partial charge in [-0.25, -0.2) is 0 Å². The number of nitrogens with two attached hydrogens (primary N) is 1. The van der Waals surface area contributed by atoms with Crippen molar-refractivity contribution in [3.63, 3.8) is 0 Å². The maximum Gasteiger partial charge on any atom is 0.0516 e. The van der Waals surface area contributed by atoms with Crippen LogP contribution in [0.5, 0.6) is 0 Å². The predicted octanol–water partition coefficient (Wildman–Crippen LogP) is 2.06. The van der Waals surface area contributed by atoms with Crippen molar-refractivity contribution in [3.8, 4) is 0 Å². The zero-order valence-electron chi connectivity index (χ0n) is 10.2. The van der Waals surface area contributed by atoms with Gasteiger partial charge in [0.15, 0.2) is 0 Å². The predicted molar refractivity (Wildman–Crippen MR) is 70.3 cm³/mol. The highest BCUT2D eigenvalue weighted by atomic mass is 16.5. The van der Waals surface area contributed by atoms with Crippen LogP contribution in [0.1, 0.15) is 18.4 Å². The lowest BCUT2D eigenvalue weighted by Crippen LogP contribution is -2.29. The van der Waals surface area contributed by atoms with Gasteiger partial charge in [-0.3, -0.25) is 0 Å². The van der Waals surface area contributed by atoms with Crippen molar-refractivity contribution < 1.29 is 4.74 Å². The van der Waals surface area contributed by atoms with Crippen LogP contribution in [0, 0.1) is 5.92 Å². The first-order valence-electron chi connectivity index (χ1n) is 6.54. The number of nitrogen functional groups attached to an aromatic ring is 1. The quantitative estimate of drug-likeness (QED) is 0.808. The molecular formula is C14H20N2O. The second-order valence-electron chi connectivity index (χ2n) is 5.17. The molecule has 1 saturated heterocycles. The Kier molecular flexibility index (Phi) is 2.93. The minimum Gasteiger partial charge on any atom is -0.399 e. The number of benzene rings is 1. The van der Waals surface area contributed by atoms with Gasteiger partial charge in [0.1, 0.15) is 0 Å². The van der Waals surface area contributed by atoms with Gasteiger partial charge in [-0.05, 0) is 43.0 Å². The maximum atomic E-state index is 5.81. The normalized spacial score (nSPS) is 19.2. The number of hydrogen-bond acceptors (Lipinski definition) is 3. The summed E-state index contributed by atoms with van der Waals surface area (Å²) in [5.41, 5.74) is 9.50. The first-order valence-corrected chi connectivity index (χ1v) is 6.54. The molecule has 3 heteroatoms. The van der Waals surface area contributed by atoms with Gasteiger partial charge in [0.2, 0.25) is 0 Å². The molecule has 0 saturated carbocycles. The number of nitrogens with zero attached hydrogens (tertiary/aromatic N) is 1. The van der Waals surface area contributed by atoms with Crippen molar-refractivity contribution in [2.45, 2.75) is 19.3 Å². The Balaban J connectivity index is 1.55. The van der Waals surface area contributed by atoms with E-state index < -0.39 is 0 Å². The first-order chi connectivity index (χ1) is 8.33. The molecule has 2 N–H and O–H groups in total. The molecule has 17 heavy (non-hydrogen) atoms. The van der Waals surface area contributed by atoms with E-state index in [9.17, 15) is 0 Å².